The number of amides is 1. The number of rotatable bonds is 5. The van der Waals surface area contributed by atoms with Gasteiger partial charge in [0.25, 0.3) is 0 Å². The Morgan fingerprint density at radius 3 is 3.00 bits per heavy atom. The summed E-state index contributed by atoms with van der Waals surface area (Å²) in [5.74, 6) is 0.0417. The van der Waals surface area contributed by atoms with E-state index in [4.69, 9.17) is 21.7 Å². The number of ether oxygens (including phenoxy) is 2. The summed E-state index contributed by atoms with van der Waals surface area (Å²) in [5, 5.41) is 6.22. The third-order valence-corrected chi connectivity index (χ3v) is 3.91. The molecule has 1 aliphatic heterocycles. The van der Waals surface area contributed by atoms with Gasteiger partial charge < -0.3 is 25.0 Å². The van der Waals surface area contributed by atoms with E-state index in [2.05, 4.69) is 10.6 Å². The Morgan fingerprint density at radius 1 is 1.50 bits per heavy atom. The second-order valence-corrected chi connectivity index (χ2v) is 5.56. The number of methoxy groups -OCH3 is 1. The maximum Gasteiger partial charge on any atom is 0.308 e. The standard InChI is InChI=1S/C16H21N3O4S/c1-3-23-14(20)10-13-15(21)17-7-8-19(13)16(24)18-11-5-4-6-12(9-11)22-2/h4-6,9,13H,3,7-8,10H2,1-2H3,(H,17,21)(H,18,24). The van der Waals surface area contributed by atoms with Gasteiger partial charge in [-0.1, -0.05) is 6.07 Å². The lowest BCUT2D eigenvalue weighted by molar-refractivity contribution is -0.147. The molecule has 1 unspecified atom stereocenters. The highest BCUT2D eigenvalue weighted by Crippen LogP contribution is 2.18. The molecule has 1 aromatic rings. The van der Waals surface area contributed by atoms with Gasteiger partial charge in [0, 0.05) is 24.8 Å². The van der Waals surface area contributed by atoms with Gasteiger partial charge in [0.05, 0.1) is 20.1 Å². The SMILES string of the molecule is CCOC(=O)CC1C(=O)NCCN1C(=S)Nc1cccc(OC)c1. The topological polar surface area (TPSA) is 79.9 Å². The minimum atomic E-state index is -0.677. The molecule has 0 radical (unpaired) electrons. The van der Waals surface area contributed by atoms with Crippen LogP contribution in [0, 0.1) is 0 Å². The number of piperazine rings is 1. The molecule has 1 aliphatic rings. The molecule has 1 atom stereocenters. The summed E-state index contributed by atoms with van der Waals surface area (Å²) in [7, 11) is 1.59. The molecule has 2 rings (SSSR count). The van der Waals surface area contributed by atoms with Crippen molar-refractivity contribution < 1.29 is 19.1 Å². The number of nitrogens with one attached hydrogen (secondary N) is 2. The zero-order chi connectivity index (χ0) is 17.5. The average molecular weight is 351 g/mol. The van der Waals surface area contributed by atoms with Crippen LogP contribution in [0.4, 0.5) is 5.69 Å². The van der Waals surface area contributed by atoms with Gasteiger partial charge in [-0.15, -0.1) is 0 Å². The number of benzene rings is 1. The van der Waals surface area contributed by atoms with Gasteiger partial charge in [-0.25, -0.2) is 0 Å². The minimum absolute atomic E-state index is 0.0421. The maximum absolute atomic E-state index is 12.1. The number of thiocarbonyl (C=S) groups is 1. The van der Waals surface area contributed by atoms with Crippen LogP contribution in [-0.4, -0.2) is 54.7 Å². The Kier molecular flexibility index (Phi) is 6.36. The molecular weight excluding hydrogens is 330 g/mol. The molecule has 24 heavy (non-hydrogen) atoms. The molecule has 1 fully saturated rings. The van der Waals surface area contributed by atoms with Crippen LogP contribution in [0.1, 0.15) is 13.3 Å². The maximum atomic E-state index is 12.1. The Balaban J connectivity index is 2.09. The molecule has 0 aliphatic carbocycles. The monoisotopic (exact) mass is 351 g/mol. The first kappa shape index (κ1) is 18.0. The zero-order valence-electron chi connectivity index (χ0n) is 13.7. The fourth-order valence-electron chi connectivity index (χ4n) is 2.43. The van der Waals surface area contributed by atoms with E-state index in [1.807, 2.05) is 18.2 Å². The second-order valence-electron chi connectivity index (χ2n) is 5.17. The summed E-state index contributed by atoms with van der Waals surface area (Å²) in [4.78, 5) is 25.6. The molecule has 2 N–H and O–H groups in total. The van der Waals surface area contributed by atoms with E-state index in [9.17, 15) is 9.59 Å². The molecule has 1 amide bonds. The second kappa shape index (κ2) is 8.49. The van der Waals surface area contributed by atoms with Crippen molar-refractivity contribution in [2.24, 2.45) is 0 Å². The van der Waals surface area contributed by atoms with Crippen LogP contribution in [-0.2, 0) is 14.3 Å². The van der Waals surface area contributed by atoms with Gasteiger partial charge in [0.15, 0.2) is 5.11 Å². The Bertz CT molecular complexity index is 623. The van der Waals surface area contributed by atoms with E-state index < -0.39 is 12.0 Å². The van der Waals surface area contributed by atoms with E-state index in [0.717, 1.165) is 5.69 Å². The smallest absolute Gasteiger partial charge is 0.308 e. The van der Waals surface area contributed by atoms with Gasteiger partial charge >= 0.3 is 5.97 Å². The van der Waals surface area contributed by atoms with Crippen LogP contribution in [0.5, 0.6) is 5.75 Å². The highest BCUT2D eigenvalue weighted by Gasteiger charge is 2.33. The molecule has 1 aromatic carbocycles. The molecule has 0 saturated carbocycles. The zero-order valence-corrected chi connectivity index (χ0v) is 14.5. The van der Waals surface area contributed by atoms with Gasteiger partial charge in [-0.2, -0.15) is 0 Å². The van der Waals surface area contributed by atoms with Crippen molar-refractivity contribution in [3.05, 3.63) is 24.3 Å². The minimum Gasteiger partial charge on any atom is -0.497 e. The lowest BCUT2D eigenvalue weighted by atomic mass is 10.1. The Hall–Kier alpha value is -2.35. The van der Waals surface area contributed by atoms with Crippen LogP contribution < -0.4 is 15.4 Å². The molecule has 0 aromatic heterocycles. The molecule has 0 spiro atoms. The first-order valence-corrected chi connectivity index (χ1v) is 8.11. The number of esters is 1. The lowest BCUT2D eigenvalue weighted by Gasteiger charge is -2.36. The molecule has 1 saturated heterocycles. The van der Waals surface area contributed by atoms with E-state index in [0.29, 0.717) is 24.0 Å². The summed E-state index contributed by atoms with van der Waals surface area (Å²) in [5.41, 5.74) is 0.750. The summed E-state index contributed by atoms with van der Waals surface area (Å²) in [6.07, 6.45) is -0.0421. The van der Waals surface area contributed by atoms with Crippen LogP contribution in [0.15, 0.2) is 24.3 Å². The van der Waals surface area contributed by atoms with Crippen LogP contribution >= 0.6 is 12.2 Å². The quantitative estimate of drug-likeness (QED) is 0.608. The number of anilines is 1. The van der Waals surface area contributed by atoms with E-state index in [1.54, 1.807) is 25.0 Å². The summed E-state index contributed by atoms with van der Waals surface area (Å²) < 4.78 is 10.1. The first-order chi connectivity index (χ1) is 11.5. The van der Waals surface area contributed by atoms with Crippen LogP contribution in [0.2, 0.25) is 0 Å². The van der Waals surface area contributed by atoms with Crippen LogP contribution in [0.25, 0.3) is 0 Å². The summed E-state index contributed by atoms with van der Waals surface area (Å²) in [6.45, 7) is 3.00. The number of carbonyl (C=O) groups excluding carboxylic acids is 2. The largest absolute Gasteiger partial charge is 0.497 e. The van der Waals surface area contributed by atoms with Crippen molar-refractivity contribution in [3.8, 4) is 5.75 Å². The highest BCUT2D eigenvalue weighted by atomic mass is 32.1. The van der Waals surface area contributed by atoms with Gasteiger partial charge in [-0.05, 0) is 31.3 Å². The van der Waals surface area contributed by atoms with Crippen molar-refractivity contribution in [2.45, 2.75) is 19.4 Å². The van der Waals surface area contributed by atoms with Gasteiger partial charge in [0.1, 0.15) is 11.8 Å². The van der Waals surface area contributed by atoms with E-state index in [-0.39, 0.29) is 18.9 Å². The Labute approximate surface area is 146 Å². The predicted octanol–water partition coefficient (Wildman–Crippen LogP) is 1.15. The third kappa shape index (κ3) is 4.58. The van der Waals surface area contributed by atoms with Crippen molar-refractivity contribution in [2.75, 3.05) is 32.1 Å². The summed E-state index contributed by atoms with van der Waals surface area (Å²) in [6, 6.07) is 6.63. The molecular formula is C16H21N3O4S. The third-order valence-electron chi connectivity index (χ3n) is 3.58. The normalized spacial score (nSPS) is 17.0. The molecule has 0 bridgehead atoms. The van der Waals surface area contributed by atoms with Crippen molar-refractivity contribution in [3.63, 3.8) is 0 Å². The fraction of sp³-hybridized carbons (Fsp3) is 0.438. The molecule has 7 nitrogen and oxygen atoms in total. The molecule has 8 heteroatoms. The highest BCUT2D eigenvalue weighted by molar-refractivity contribution is 7.80. The van der Waals surface area contributed by atoms with E-state index >= 15 is 0 Å². The fourth-order valence-corrected chi connectivity index (χ4v) is 2.77. The Morgan fingerprint density at radius 2 is 2.29 bits per heavy atom. The van der Waals surface area contributed by atoms with Gasteiger partial charge in [0.2, 0.25) is 5.91 Å². The number of hydrogen-bond acceptors (Lipinski definition) is 5. The van der Waals surface area contributed by atoms with Crippen molar-refractivity contribution in [1.82, 2.24) is 10.2 Å². The van der Waals surface area contributed by atoms with Crippen molar-refractivity contribution in [1.29, 1.82) is 0 Å². The van der Waals surface area contributed by atoms with Crippen LogP contribution in [0.3, 0.4) is 0 Å². The van der Waals surface area contributed by atoms with Crippen molar-refractivity contribution >= 4 is 34.9 Å². The van der Waals surface area contributed by atoms with Gasteiger partial charge in [-0.3, -0.25) is 9.59 Å². The predicted molar refractivity (Wildman–Crippen MR) is 94.0 cm³/mol. The van der Waals surface area contributed by atoms with E-state index in [1.165, 1.54) is 0 Å². The number of hydrogen-bond donors (Lipinski definition) is 2. The number of carbonyl (C=O) groups is 2. The lowest BCUT2D eigenvalue weighted by Crippen LogP contribution is -2.58. The molecule has 1 heterocycles. The summed E-state index contributed by atoms with van der Waals surface area (Å²) >= 11 is 5.42. The number of nitrogens with zero attached hydrogens (tertiary/aromatic N) is 1. The molecule has 130 valence electrons. The first-order valence-electron chi connectivity index (χ1n) is 7.70. The average Bonchev–Trinajstić information content (AvgIpc) is 2.57.